The fourth-order valence-corrected chi connectivity index (χ4v) is 5.06. The summed E-state index contributed by atoms with van der Waals surface area (Å²) in [6, 6.07) is 8.09. The molecule has 0 saturated carbocycles. The van der Waals surface area contributed by atoms with E-state index in [1.165, 1.54) is 5.56 Å². The van der Waals surface area contributed by atoms with Crippen LogP contribution < -0.4 is 4.74 Å². The smallest absolute Gasteiger partial charge is 0.227 e. The van der Waals surface area contributed by atoms with Gasteiger partial charge in [-0.3, -0.25) is 14.4 Å². The monoisotopic (exact) mass is 441 g/mol. The van der Waals surface area contributed by atoms with Crippen molar-refractivity contribution in [3.63, 3.8) is 0 Å². The van der Waals surface area contributed by atoms with Gasteiger partial charge in [0.15, 0.2) is 0 Å². The minimum absolute atomic E-state index is 0.115. The van der Waals surface area contributed by atoms with Crippen LogP contribution in [0.15, 0.2) is 24.3 Å². The summed E-state index contributed by atoms with van der Waals surface area (Å²) in [5.74, 6) is 1.30. The van der Waals surface area contributed by atoms with Crippen molar-refractivity contribution in [2.24, 2.45) is 5.92 Å². The highest BCUT2D eigenvalue weighted by Crippen LogP contribution is 2.24. The maximum Gasteiger partial charge on any atom is 0.227 e. The van der Waals surface area contributed by atoms with Gasteiger partial charge >= 0.3 is 0 Å². The van der Waals surface area contributed by atoms with E-state index in [0.717, 1.165) is 38.0 Å². The molecule has 1 unspecified atom stereocenters. The van der Waals surface area contributed by atoms with E-state index in [2.05, 4.69) is 13.0 Å². The molecular formula is C25H35N3O4. The van der Waals surface area contributed by atoms with Crippen LogP contribution in [0.25, 0.3) is 0 Å². The molecule has 1 atom stereocenters. The Morgan fingerprint density at radius 2 is 1.75 bits per heavy atom. The molecule has 32 heavy (non-hydrogen) atoms. The summed E-state index contributed by atoms with van der Waals surface area (Å²) in [6.45, 7) is 6.13. The van der Waals surface area contributed by atoms with E-state index in [-0.39, 0.29) is 29.7 Å². The Bertz CT molecular complexity index is 834. The van der Waals surface area contributed by atoms with Crippen molar-refractivity contribution in [2.75, 3.05) is 39.3 Å². The Morgan fingerprint density at radius 3 is 2.47 bits per heavy atom. The van der Waals surface area contributed by atoms with E-state index in [0.29, 0.717) is 52.0 Å². The van der Waals surface area contributed by atoms with Gasteiger partial charge in [-0.25, -0.2) is 0 Å². The van der Waals surface area contributed by atoms with Crippen LogP contribution in [-0.4, -0.2) is 77.8 Å². The molecule has 0 N–H and O–H groups in total. The van der Waals surface area contributed by atoms with Crippen molar-refractivity contribution in [3.8, 4) is 5.75 Å². The first-order chi connectivity index (χ1) is 15.5. The lowest BCUT2D eigenvalue weighted by atomic mass is 9.94. The topological polar surface area (TPSA) is 70.2 Å². The number of hydrogen-bond acceptors (Lipinski definition) is 4. The molecule has 174 valence electrons. The molecule has 0 spiro atoms. The van der Waals surface area contributed by atoms with Gasteiger partial charge in [0, 0.05) is 65.0 Å². The van der Waals surface area contributed by atoms with Crippen LogP contribution in [0.2, 0.25) is 0 Å². The number of likely N-dealkylation sites (tertiary alicyclic amines) is 3. The Balaban J connectivity index is 1.22. The van der Waals surface area contributed by atoms with E-state index in [4.69, 9.17) is 4.74 Å². The number of carbonyl (C=O) groups excluding carboxylic acids is 3. The molecule has 1 aromatic rings. The van der Waals surface area contributed by atoms with Gasteiger partial charge < -0.3 is 19.4 Å². The maximum absolute atomic E-state index is 13.1. The number of amides is 3. The largest absolute Gasteiger partial charge is 0.490 e. The minimum atomic E-state index is -0.115. The van der Waals surface area contributed by atoms with Gasteiger partial charge in [0.05, 0.1) is 5.92 Å². The fraction of sp³-hybridized carbons (Fsp3) is 0.640. The Hall–Kier alpha value is -2.57. The average molecular weight is 442 g/mol. The SMILES string of the molecule is Cc1cccc(OC2CCN(C(=O)C3CCC(=O)N(CCCN4CCCC4=O)C3)CC2)c1. The molecule has 3 saturated heterocycles. The Morgan fingerprint density at radius 1 is 1.00 bits per heavy atom. The summed E-state index contributed by atoms with van der Waals surface area (Å²) < 4.78 is 6.12. The summed E-state index contributed by atoms with van der Waals surface area (Å²) in [5.41, 5.74) is 1.18. The molecule has 3 fully saturated rings. The first kappa shape index (κ1) is 22.6. The summed E-state index contributed by atoms with van der Waals surface area (Å²) in [5, 5.41) is 0. The number of ether oxygens (including phenoxy) is 1. The van der Waals surface area contributed by atoms with Gasteiger partial charge in [-0.1, -0.05) is 12.1 Å². The zero-order valence-corrected chi connectivity index (χ0v) is 19.1. The zero-order chi connectivity index (χ0) is 22.5. The second-order valence-electron chi connectivity index (χ2n) is 9.37. The number of carbonyl (C=O) groups is 3. The molecule has 0 radical (unpaired) electrons. The molecule has 3 aliphatic rings. The molecule has 0 aromatic heterocycles. The number of rotatable bonds is 7. The van der Waals surface area contributed by atoms with Crippen LogP contribution in [0.4, 0.5) is 0 Å². The molecule has 3 aliphatic heterocycles. The first-order valence-electron chi connectivity index (χ1n) is 12.1. The molecule has 4 rings (SSSR count). The highest BCUT2D eigenvalue weighted by molar-refractivity contribution is 5.84. The third-order valence-corrected chi connectivity index (χ3v) is 6.92. The van der Waals surface area contributed by atoms with Crippen molar-refractivity contribution in [1.82, 2.24) is 14.7 Å². The number of hydrogen-bond donors (Lipinski definition) is 0. The zero-order valence-electron chi connectivity index (χ0n) is 19.1. The molecule has 7 heteroatoms. The highest BCUT2D eigenvalue weighted by Gasteiger charge is 2.34. The van der Waals surface area contributed by atoms with Gasteiger partial charge in [-0.15, -0.1) is 0 Å². The molecule has 1 aromatic carbocycles. The summed E-state index contributed by atoms with van der Waals surface area (Å²) in [7, 11) is 0. The van der Waals surface area contributed by atoms with Crippen molar-refractivity contribution in [2.45, 2.75) is 58.0 Å². The van der Waals surface area contributed by atoms with Gasteiger partial charge in [0.25, 0.3) is 0 Å². The van der Waals surface area contributed by atoms with Gasteiger partial charge in [0.2, 0.25) is 17.7 Å². The van der Waals surface area contributed by atoms with Crippen LogP contribution in [0.3, 0.4) is 0 Å². The molecule has 3 heterocycles. The van der Waals surface area contributed by atoms with Crippen LogP contribution in [-0.2, 0) is 14.4 Å². The third-order valence-electron chi connectivity index (χ3n) is 6.92. The van der Waals surface area contributed by atoms with Crippen LogP contribution >= 0.6 is 0 Å². The lowest BCUT2D eigenvalue weighted by molar-refractivity contribution is -0.144. The number of benzene rings is 1. The first-order valence-corrected chi connectivity index (χ1v) is 12.1. The lowest BCUT2D eigenvalue weighted by Crippen LogP contribution is -2.50. The van der Waals surface area contributed by atoms with E-state index < -0.39 is 0 Å². The number of aryl methyl sites for hydroxylation is 1. The molecule has 3 amide bonds. The quantitative estimate of drug-likeness (QED) is 0.652. The minimum Gasteiger partial charge on any atom is -0.490 e. The summed E-state index contributed by atoms with van der Waals surface area (Å²) in [4.78, 5) is 43.0. The highest BCUT2D eigenvalue weighted by atomic mass is 16.5. The number of piperidine rings is 2. The normalized spacial score (nSPS) is 22.5. The van der Waals surface area contributed by atoms with Gasteiger partial charge in [0.1, 0.15) is 11.9 Å². The predicted octanol–water partition coefficient (Wildman–Crippen LogP) is 2.62. The van der Waals surface area contributed by atoms with Gasteiger partial charge in [-0.05, 0) is 43.9 Å². The van der Waals surface area contributed by atoms with Crippen molar-refractivity contribution >= 4 is 17.7 Å². The standard InChI is InChI=1S/C25H35N3O4/c1-19-5-2-6-22(17-19)32-21-10-15-27(16-11-21)25(31)20-8-9-24(30)28(18-20)14-4-13-26-12-3-7-23(26)29/h2,5-6,17,20-21H,3-4,7-16,18H2,1H3. The predicted molar refractivity (Wildman–Crippen MR) is 121 cm³/mol. The van der Waals surface area contributed by atoms with Crippen molar-refractivity contribution in [3.05, 3.63) is 29.8 Å². The van der Waals surface area contributed by atoms with Crippen molar-refractivity contribution in [1.29, 1.82) is 0 Å². The van der Waals surface area contributed by atoms with Crippen LogP contribution in [0, 0.1) is 12.8 Å². The van der Waals surface area contributed by atoms with E-state index in [1.807, 2.05) is 32.9 Å². The van der Waals surface area contributed by atoms with Crippen LogP contribution in [0.5, 0.6) is 5.75 Å². The Kier molecular flexibility index (Phi) is 7.33. The number of nitrogens with zero attached hydrogens (tertiary/aromatic N) is 3. The van der Waals surface area contributed by atoms with E-state index >= 15 is 0 Å². The van der Waals surface area contributed by atoms with E-state index in [9.17, 15) is 14.4 Å². The molecule has 0 aliphatic carbocycles. The lowest BCUT2D eigenvalue weighted by Gasteiger charge is -2.38. The average Bonchev–Trinajstić information content (AvgIpc) is 3.20. The van der Waals surface area contributed by atoms with Gasteiger partial charge in [-0.2, -0.15) is 0 Å². The third kappa shape index (κ3) is 5.61. The molecule has 7 nitrogen and oxygen atoms in total. The maximum atomic E-state index is 13.1. The second kappa shape index (κ2) is 10.4. The summed E-state index contributed by atoms with van der Waals surface area (Å²) in [6.07, 6.45) is 5.23. The van der Waals surface area contributed by atoms with Crippen molar-refractivity contribution < 1.29 is 19.1 Å². The summed E-state index contributed by atoms with van der Waals surface area (Å²) >= 11 is 0. The van der Waals surface area contributed by atoms with Crippen LogP contribution in [0.1, 0.15) is 50.5 Å². The Labute approximate surface area is 190 Å². The second-order valence-corrected chi connectivity index (χ2v) is 9.37. The molecular weight excluding hydrogens is 406 g/mol. The van der Waals surface area contributed by atoms with E-state index in [1.54, 1.807) is 0 Å². The fourth-order valence-electron chi connectivity index (χ4n) is 5.06. The molecule has 0 bridgehead atoms.